The summed E-state index contributed by atoms with van der Waals surface area (Å²) in [5, 5.41) is 20.5. The summed E-state index contributed by atoms with van der Waals surface area (Å²) in [6, 6.07) is 25.9. The van der Waals surface area contributed by atoms with Gasteiger partial charge in [-0.25, -0.2) is 8.42 Å². The number of nitrogens with zero attached hydrogens (tertiary/aromatic N) is 1. The molecule has 0 saturated carbocycles. The Labute approximate surface area is 211 Å². The van der Waals surface area contributed by atoms with Crippen LogP contribution in [0.15, 0.2) is 102 Å². The molecule has 1 unspecified atom stereocenters. The van der Waals surface area contributed by atoms with Crippen molar-refractivity contribution in [3.63, 3.8) is 0 Å². The quantitative estimate of drug-likeness (QED) is 0.281. The number of hydrogen-bond acceptors (Lipinski definition) is 5. The maximum absolute atomic E-state index is 12.6. The molecule has 1 atom stereocenters. The first kappa shape index (κ1) is 23.7. The van der Waals surface area contributed by atoms with Gasteiger partial charge < -0.3 is 15.1 Å². The number of hydrogen-bond donors (Lipinski definition) is 2. The second kappa shape index (κ2) is 9.21. The molecule has 6 heteroatoms. The van der Waals surface area contributed by atoms with Crippen LogP contribution in [0.3, 0.4) is 0 Å². The van der Waals surface area contributed by atoms with Crippen molar-refractivity contribution in [3.8, 4) is 33.8 Å². The molecule has 0 saturated heterocycles. The fourth-order valence-corrected chi connectivity index (χ4v) is 6.07. The van der Waals surface area contributed by atoms with Crippen LogP contribution in [0.25, 0.3) is 22.3 Å². The monoisotopic (exact) mass is 497 g/mol. The van der Waals surface area contributed by atoms with E-state index in [2.05, 4.69) is 30.5 Å². The highest BCUT2D eigenvalue weighted by atomic mass is 32.2. The molecule has 5 rings (SSSR count). The minimum Gasteiger partial charge on any atom is -0.508 e. The van der Waals surface area contributed by atoms with Crippen LogP contribution < -0.4 is 4.90 Å². The van der Waals surface area contributed by atoms with Gasteiger partial charge in [0, 0.05) is 22.5 Å². The van der Waals surface area contributed by atoms with Crippen LogP contribution in [-0.4, -0.2) is 24.4 Å². The number of phenolic OH excluding ortho intramolecular Hbond substituents is 2. The molecule has 0 spiro atoms. The highest BCUT2D eigenvalue weighted by Crippen LogP contribution is 2.50. The van der Waals surface area contributed by atoms with E-state index in [9.17, 15) is 18.6 Å². The molecule has 4 aromatic rings. The van der Waals surface area contributed by atoms with Crippen LogP contribution in [-0.2, 0) is 9.84 Å². The van der Waals surface area contributed by atoms with Gasteiger partial charge in [-0.2, -0.15) is 0 Å². The van der Waals surface area contributed by atoms with E-state index in [4.69, 9.17) is 0 Å². The molecular weight excluding hydrogens is 470 g/mol. The van der Waals surface area contributed by atoms with Gasteiger partial charge in [0.2, 0.25) is 0 Å². The highest BCUT2D eigenvalue weighted by Gasteiger charge is 2.31. The molecule has 0 radical (unpaired) electrons. The molecule has 0 fully saturated rings. The van der Waals surface area contributed by atoms with Crippen molar-refractivity contribution in [2.45, 2.75) is 24.3 Å². The fourth-order valence-electron chi connectivity index (χ4n) is 5.00. The van der Waals surface area contributed by atoms with Crippen molar-refractivity contribution in [2.75, 3.05) is 10.7 Å². The van der Waals surface area contributed by atoms with Crippen LogP contribution in [0.1, 0.15) is 24.9 Å². The predicted molar refractivity (Wildman–Crippen MR) is 145 cm³/mol. The van der Waals surface area contributed by atoms with E-state index in [0.29, 0.717) is 5.56 Å². The molecule has 1 aliphatic rings. The van der Waals surface area contributed by atoms with E-state index >= 15 is 0 Å². The van der Waals surface area contributed by atoms with Gasteiger partial charge in [-0.3, -0.25) is 0 Å². The van der Waals surface area contributed by atoms with E-state index < -0.39 is 9.84 Å². The molecule has 5 nitrogen and oxygen atoms in total. The zero-order valence-electron chi connectivity index (χ0n) is 19.9. The predicted octanol–water partition coefficient (Wildman–Crippen LogP) is 6.99. The third-order valence-corrected chi connectivity index (χ3v) is 8.31. The van der Waals surface area contributed by atoms with Crippen LogP contribution >= 0.6 is 0 Å². The molecule has 0 aliphatic carbocycles. The smallest absolute Gasteiger partial charge is 0.181 e. The normalized spacial score (nSPS) is 14.7. The van der Waals surface area contributed by atoms with E-state index in [-0.39, 0.29) is 28.2 Å². The molecule has 182 valence electrons. The van der Waals surface area contributed by atoms with Crippen molar-refractivity contribution in [3.05, 3.63) is 103 Å². The van der Waals surface area contributed by atoms with Gasteiger partial charge in [-0.1, -0.05) is 43.3 Å². The largest absolute Gasteiger partial charge is 0.508 e. The van der Waals surface area contributed by atoms with Crippen LogP contribution in [0.4, 0.5) is 11.4 Å². The maximum atomic E-state index is 12.6. The Morgan fingerprint density at radius 3 is 2.36 bits per heavy atom. The van der Waals surface area contributed by atoms with E-state index in [0.717, 1.165) is 34.5 Å². The topological polar surface area (TPSA) is 77.8 Å². The van der Waals surface area contributed by atoms with Crippen molar-refractivity contribution in [1.82, 2.24) is 0 Å². The van der Waals surface area contributed by atoms with Crippen LogP contribution in [0.2, 0.25) is 0 Å². The minimum atomic E-state index is -3.54. The lowest BCUT2D eigenvalue weighted by molar-refractivity contribution is 0.475. The summed E-state index contributed by atoms with van der Waals surface area (Å²) in [5.41, 5.74) is 6.41. The fraction of sp³-hybridized carbons (Fsp3) is 0.133. The van der Waals surface area contributed by atoms with E-state index in [1.165, 1.54) is 29.8 Å². The molecule has 1 aliphatic heterocycles. The second-order valence-corrected chi connectivity index (χ2v) is 10.9. The van der Waals surface area contributed by atoms with E-state index in [1.54, 1.807) is 12.1 Å². The summed E-state index contributed by atoms with van der Waals surface area (Å²) >= 11 is 0. The van der Waals surface area contributed by atoms with Gasteiger partial charge >= 0.3 is 0 Å². The van der Waals surface area contributed by atoms with Crippen molar-refractivity contribution >= 4 is 21.2 Å². The Morgan fingerprint density at radius 2 is 1.64 bits per heavy atom. The number of sulfone groups is 1. The molecule has 4 aromatic carbocycles. The highest BCUT2D eigenvalue weighted by molar-refractivity contribution is 7.91. The number of rotatable bonds is 6. The molecular formula is C30H27NO4S. The van der Waals surface area contributed by atoms with E-state index in [1.807, 2.05) is 42.5 Å². The number of phenols is 2. The zero-order chi connectivity index (χ0) is 25.4. The standard InChI is InChI=1S/C30H27NO4S/c1-3-17-36(34,35)23-14-16-30(33)26(19-23)20-9-15-29-27(18-20)24-7-5-6-8-25(24)28(4-2)31(29)21-10-12-22(32)13-11-21/h3,5-16,18-19,28,32-33H,1,4,17H2,2H3. The second-order valence-electron chi connectivity index (χ2n) is 8.88. The Bertz CT molecular complexity index is 1560. The average molecular weight is 498 g/mol. The first-order valence-electron chi connectivity index (χ1n) is 11.8. The SMILES string of the molecule is C=CCS(=O)(=O)c1ccc(O)c(-c2ccc3c(c2)-c2ccccc2C(CC)N3c2ccc(O)cc2)c1. The van der Waals surface area contributed by atoms with Crippen molar-refractivity contribution < 1.29 is 18.6 Å². The van der Waals surface area contributed by atoms with Crippen LogP contribution in [0, 0.1) is 0 Å². The molecule has 0 bridgehead atoms. The van der Waals surface area contributed by atoms with Crippen molar-refractivity contribution in [2.24, 2.45) is 0 Å². The summed E-state index contributed by atoms with van der Waals surface area (Å²) in [5.74, 6) is 0.0503. The lowest BCUT2D eigenvalue weighted by atomic mass is 9.85. The Kier molecular flexibility index (Phi) is 6.06. The number of anilines is 2. The minimum absolute atomic E-state index is 0.0124. The number of fused-ring (bicyclic) bond motifs is 3. The molecule has 0 aromatic heterocycles. The summed E-state index contributed by atoms with van der Waals surface area (Å²) in [6.07, 6.45) is 2.24. The maximum Gasteiger partial charge on any atom is 0.181 e. The summed E-state index contributed by atoms with van der Waals surface area (Å²) < 4.78 is 25.3. The van der Waals surface area contributed by atoms with Gasteiger partial charge in [0.25, 0.3) is 0 Å². The molecule has 1 heterocycles. The van der Waals surface area contributed by atoms with Gasteiger partial charge in [0.1, 0.15) is 11.5 Å². The number of aromatic hydroxyl groups is 2. The third-order valence-electron chi connectivity index (χ3n) is 6.67. The number of benzene rings is 4. The summed E-state index contributed by atoms with van der Waals surface area (Å²) in [4.78, 5) is 2.41. The average Bonchev–Trinajstić information content (AvgIpc) is 2.88. The Morgan fingerprint density at radius 1 is 0.889 bits per heavy atom. The van der Waals surface area contributed by atoms with Gasteiger partial charge in [0.05, 0.1) is 16.7 Å². The first-order valence-corrected chi connectivity index (χ1v) is 13.5. The summed E-state index contributed by atoms with van der Waals surface area (Å²) in [6.45, 7) is 5.70. The zero-order valence-corrected chi connectivity index (χ0v) is 20.7. The summed E-state index contributed by atoms with van der Waals surface area (Å²) in [7, 11) is -3.54. The lowest BCUT2D eigenvalue weighted by Crippen LogP contribution is -2.27. The van der Waals surface area contributed by atoms with Gasteiger partial charge in [-0.15, -0.1) is 6.58 Å². The Balaban J connectivity index is 1.71. The third kappa shape index (κ3) is 4.03. The van der Waals surface area contributed by atoms with Crippen LogP contribution in [0.5, 0.6) is 11.5 Å². The first-order chi connectivity index (χ1) is 17.3. The molecule has 0 amide bonds. The lowest BCUT2D eigenvalue weighted by Gasteiger charge is -2.40. The van der Waals surface area contributed by atoms with Crippen molar-refractivity contribution in [1.29, 1.82) is 0 Å². The van der Waals surface area contributed by atoms with Gasteiger partial charge in [0.15, 0.2) is 9.84 Å². The van der Waals surface area contributed by atoms with Gasteiger partial charge in [-0.05, 0) is 77.7 Å². The molecule has 36 heavy (non-hydrogen) atoms. The Hall–Kier alpha value is -4.03. The molecule has 2 N–H and O–H groups in total.